The molecule has 0 N–H and O–H groups in total. The van der Waals surface area contributed by atoms with E-state index in [4.69, 9.17) is 31.5 Å². The summed E-state index contributed by atoms with van der Waals surface area (Å²) in [5.41, 5.74) is 1.23. The summed E-state index contributed by atoms with van der Waals surface area (Å²) < 4.78 is 35.9. The van der Waals surface area contributed by atoms with Crippen molar-refractivity contribution in [3.63, 3.8) is 0 Å². The largest absolute Gasteiger partial charge is 0.508 e. The predicted octanol–water partition coefficient (Wildman–Crippen LogP) is 3.86. The Morgan fingerprint density at radius 1 is 0.778 bits per heavy atom. The van der Waals surface area contributed by atoms with Gasteiger partial charge in [-0.3, -0.25) is 4.99 Å². The van der Waals surface area contributed by atoms with Crippen molar-refractivity contribution in [3.05, 3.63) is 0 Å². The Bertz CT molecular complexity index is 382. The molecule has 27 heavy (non-hydrogen) atoms. The van der Waals surface area contributed by atoms with Crippen molar-refractivity contribution in [2.75, 3.05) is 47.7 Å². The molecule has 162 valence electrons. The number of hydrogen-bond acceptors (Lipinski definition) is 7. The Hall–Kier alpha value is -0.136. The normalized spacial score (nSPS) is 14.6. The second kappa shape index (κ2) is 14.8. The monoisotopic (exact) mass is 423 g/mol. The first-order chi connectivity index (χ1) is 13.0. The molecule has 0 aliphatic carbocycles. The van der Waals surface area contributed by atoms with Crippen LogP contribution in [0.5, 0.6) is 0 Å². The number of hydrogen-bond donors (Lipinski definition) is 0. The van der Waals surface area contributed by atoms with Crippen LogP contribution < -0.4 is 0 Å². The SMILES string of the molecule is CCCC(CC)=NCCC([Si](OC)(OC)OC)[Si](OCC)(OCC)OCC. The van der Waals surface area contributed by atoms with Crippen LogP contribution in [0.25, 0.3) is 0 Å². The molecule has 0 aromatic heterocycles. The lowest BCUT2D eigenvalue weighted by Gasteiger charge is -2.41. The zero-order valence-electron chi connectivity index (χ0n) is 18.6. The predicted molar refractivity (Wildman–Crippen MR) is 113 cm³/mol. The Balaban J connectivity index is 5.91. The lowest BCUT2D eigenvalue weighted by atomic mass is 10.2. The average Bonchev–Trinajstić information content (AvgIpc) is 2.67. The van der Waals surface area contributed by atoms with E-state index in [-0.39, 0.29) is 5.16 Å². The van der Waals surface area contributed by atoms with E-state index in [2.05, 4.69) is 13.8 Å². The van der Waals surface area contributed by atoms with Crippen LogP contribution >= 0.6 is 0 Å². The van der Waals surface area contributed by atoms with Gasteiger partial charge in [0.25, 0.3) is 0 Å². The maximum Gasteiger partial charge on any atom is 0.508 e. The molecule has 0 heterocycles. The quantitative estimate of drug-likeness (QED) is 0.261. The molecule has 0 saturated heterocycles. The highest BCUT2D eigenvalue weighted by Gasteiger charge is 2.64. The molecular formula is C18H41NO6Si2. The lowest BCUT2D eigenvalue weighted by Crippen LogP contribution is -2.63. The van der Waals surface area contributed by atoms with Crippen molar-refractivity contribution in [2.24, 2.45) is 4.99 Å². The van der Waals surface area contributed by atoms with Crippen LogP contribution in [-0.4, -0.2) is 71.0 Å². The number of rotatable bonds is 17. The second-order valence-electron chi connectivity index (χ2n) is 6.01. The van der Waals surface area contributed by atoms with Gasteiger partial charge in [-0.25, -0.2) is 0 Å². The molecule has 7 nitrogen and oxygen atoms in total. The van der Waals surface area contributed by atoms with Gasteiger partial charge >= 0.3 is 17.6 Å². The summed E-state index contributed by atoms with van der Waals surface area (Å²) in [6.07, 6.45) is 3.75. The minimum atomic E-state index is -3.11. The van der Waals surface area contributed by atoms with Gasteiger partial charge < -0.3 is 26.6 Å². The van der Waals surface area contributed by atoms with Crippen molar-refractivity contribution in [3.8, 4) is 0 Å². The molecule has 9 heteroatoms. The molecule has 0 saturated carbocycles. The molecule has 1 atom stereocenters. The number of nitrogens with zero attached hydrogens (tertiary/aromatic N) is 1. The molecule has 0 spiro atoms. The van der Waals surface area contributed by atoms with Crippen LogP contribution in [0.1, 0.15) is 60.3 Å². The van der Waals surface area contributed by atoms with Crippen molar-refractivity contribution in [1.29, 1.82) is 0 Å². The highest BCUT2D eigenvalue weighted by Crippen LogP contribution is 2.38. The van der Waals surface area contributed by atoms with Crippen LogP contribution in [0.2, 0.25) is 5.16 Å². The van der Waals surface area contributed by atoms with Crippen LogP contribution in [0.4, 0.5) is 0 Å². The van der Waals surface area contributed by atoms with E-state index in [1.807, 2.05) is 20.8 Å². The van der Waals surface area contributed by atoms with Crippen LogP contribution in [-0.2, 0) is 26.6 Å². The van der Waals surface area contributed by atoms with E-state index >= 15 is 0 Å². The lowest BCUT2D eigenvalue weighted by molar-refractivity contribution is 0.0476. The summed E-state index contributed by atoms with van der Waals surface area (Å²) in [5.74, 6) is 0. The Labute approximate surface area is 168 Å². The first-order valence-electron chi connectivity index (χ1n) is 10.1. The summed E-state index contributed by atoms with van der Waals surface area (Å²) in [7, 11) is -1.33. The fourth-order valence-electron chi connectivity index (χ4n) is 3.29. The maximum atomic E-state index is 6.16. The third-order valence-corrected chi connectivity index (χ3v) is 12.6. The molecule has 0 rings (SSSR count). The Morgan fingerprint density at radius 3 is 1.59 bits per heavy atom. The summed E-state index contributed by atoms with van der Waals surface area (Å²) in [5, 5.41) is -0.242. The molecular weight excluding hydrogens is 382 g/mol. The van der Waals surface area contributed by atoms with Gasteiger partial charge in [0, 0.05) is 53.4 Å². The van der Waals surface area contributed by atoms with Crippen molar-refractivity contribution >= 4 is 23.3 Å². The highest BCUT2D eigenvalue weighted by molar-refractivity contribution is 6.82. The average molecular weight is 424 g/mol. The van der Waals surface area contributed by atoms with Crippen LogP contribution in [0.3, 0.4) is 0 Å². The van der Waals surface area contributed by atoms with E-state index < -0.39 is 17.6 Å². The number of aliphatic imine (C=N–C) groups is 1. The molecule has 0 amide bonds. The Morgan fingerprint density at radius 2 is 1.26 bits per heavy atom. The van der Waals surface area contributed by atoms with Gasteiger partial charge in [-0.2, -0.15) is 0 Å². The van der Waals surface area contributed by atoms with Gasteiger partial charge in [-0.05, 0) is 40.0 Å². The minimum Gasteiger partial charge on any atom is -0.377 e. The molecule has 1 unspecified atom stereocenters. The highest BCUT2D eigenvalue weighted by atomic mass is 28.5. The first kappa shape index (κ1) is 26.9. The zero-order valence-corrected chi connectivity index (χ0v) is 20.6. The maximum absolute atomic E-state index is 6.16. The summed E-state index contributed by atoms with van der Waals surface area (Å²) >= 11 is 0. The van der Waals surface area contributed by atoms with Gasteiger partial charge in [0.1, 0.15) is 5.16 Å². The molecule has 0 aromatic rings. The van der Waals surface area contributed by atoms with E-state index in [0.29, 0.717) is 32.8 Å². The molecule has 0 bridgehead atoms. The fraction of sp³-hybridized carbons (Fsp3) is 0.944. The zero-order chi connectivity index (χ0) is 20.8. The second-order valence-corrected chi connectivity index (χ2v) is 12.5. The van der Waals surface area contributed by atoms with Crippen molar-refractivity contribution in [2.45, 2.75) is 65.5 Å². The Kier molecular flexibility index (Phi) is 14.7. The molecule has 0 fully saturated rings. The van der Waals surface area contributed by atoms with Crippen molar-refractivity contribution < 1.29 is 26.6 Å². The van der Waals surface area contributed by atoms with Crippen molar-refractivity contribution in [1.82, 2.24) is 0 Å². The third-order valence-electron chi connectivity index (χ3n) is 4.44. The molecule has 0 radical (unpaired) electrons. The van der Waals surface area contributed by atoms with E-state index in [9.17, 15) is 0 Å². The van der Waals surface area contributed by atoms with E-state index in [0.717, 1.165) is 19.3 Å². The van der Waals surface area contributed by atoms with Gasteiger partial charge in [0.15, 0.2) is 0 Å². The van der Waals surface area contributed by atoms with Crippen LogP contribution in [0.15, 0.2) is 4.99 Å². The summed E-state index contributed by atoms with van der Waals surface area (Å²) in [6.45, 7) is 12.3. The van der Waals surface area contributed by atoms with Gasteiger partial charge in [-0.15, -0.1) is 0 Å². The van der Waals surface area contributed by atoms with E-state index in [1.165, 1.54) is 5.71 Å². The summed E-state index contributed by atoms with van der Waals surface area (Å²) in [6, 6.07) is 0. The van der Waals surface area contributed by atoms with Gasteiger partial charge in [0.05, 0.1) is 0 Å². The smallest absolute Gasteiger partial charge is 0.377 e. The first-order valence-corrected chi connectivity index (χ1v) is 13.7. The molecule has 0 aliphatic heterocycles. The van der Waals surface area contributed by atoms with Gasteiger partial charge in [-0.1, -0.05) is 20.3 Å². The standard InChI is InChI=1S/C18H41NO6Si2/c1-9-14-17(10-2)19-16-15-18(26(20-6,21-7)22-8)27(23-11-3,24-12-4)25-13-5/h18H,9-16H2,1-8H3. The third kappa shape index (κ3) is 7.66. The van der Waals surface area contributed by atoms with E-state index in [1.54, 1.807) is 21.3 Å². The summed E-state index contributed by atoms with van der Waals surface area (Å²) in [4.78, 5) is 4.81. The molecule has 0 aliphatic rings. The fourth-order valence-corrected chi connectivity index (χ4v) is 11.2. The minimum absolute atomic E-state index is 0.242. The topological polar surface area (TPSA) is 67.7 Å². The van der Waals surface area contributed by atoms with Crippen LogP contribution in [0, 0.1) is 0 Å². The molecule has 0 aromatic carbocycles. The van der Waals surface area contributed by atoms with Gasteiger partial charge in [0.2, 0.25) is 0 Å².